The molecule has 1 N–H and O–H groups in total. The van der Waals surface area contributed by atoms with E-state index in [0.29, 0.717) is 10.9 Å². The molecule has 0 saturated carbocycles. The van der Waals surface area contributed by atoms with Crippen molar-refractivity contribution < 1.29 is 9.53 Å². The minimum absolute atomic E-state index is 0.217. The molecule has 3 aromatic carbocycles. The van der Waals surface area contributed by atoms with E-state index in [9.17, 15) is 4.79 Å². The maximum Gasteiger partial charge on any atom is 0.266 e. The predicted molar refractivity (Wildman–Crippen MR) is 120 cm³/mol. The molecule has 4 nitrogen and oxygen atoms in total. The van der Waals surface area contributed by atoms with Crippen LogP contribution in [0, 0.1) is 13.8 Å². The van der Waals surface area contributed by atoms with Crippen LogP contribution in [0.25, 0.3) is 21.3 Å². The van der Waals surface area contributed by atoms with Gasteiger partial charge in [0.2, 0.25) is 0 Å². The third-order valence-electron chi connectivity index (χ3n) is 4.96. The second kappa shape index (κ2) is 8.05. The third kappa shape index (κ3) is 4.15. The minimum atomic E-state index is -0.632. The van der Waals surface area contributed by atoms with Crippen molar-refractivity contribution in [2.24, 2.45) is 0 Å². The van der Waals surface area contributed by atoms with Crippen LogP contribution in [0.1, 0.15) is 18.1 Å². The van der Waals surface area contributed by atoms with Crippen molar-refractivity contribution in [3.05, 3.63) is 77.9 Å². The Labute approximate surface area is 174 Å². The highest BCUT2D eigenvalue weighted by Gasteiger charge is 2.17. The van der Waals surface area contributed by atoms with Gasteiger partial charge in [-0.3, -0.25) is 10.1 Å². The lowest BCUT2D eigenvalue weighted by Gasteiger charge is -2.14. The first-order valence-corrected chi connectivity index (χ1v) is 10.3. The highest BCUT2D eigenvalue weighted by atomic mass is 32.1. The van der Waals surface area contributed by atoms with Crippen LogP contribution in [-0.2, 0) is 4.79 Å². The fourth-order valence-corrected chi connectivity index (χ4v) is 4.03. The fourth-order valence-electron chi connectivity index (χ4n) is 3.10. The van der Waals surface area contributed by atoms with E-state index in [-0.39, 0.29) is 5.91 Å². The molecule has 1 aromatic heterocycles. The van der Waals surface area contributed by atoms with Crippen LogP contribution in [0.4, 0.5) is 5.13 Å². The van der Waals surface area contributed by atoms with Gasteiger partial charge in [0, 0.05) is 0 Å². The molecule has 4 aromatic rings. The number of benzene rings is 3. The standard InChI is InChI=1S/C24H22N2O2S/c1-15-9-14-21-22(16(15)2)25-24(29-21)26-23(27)17(3)28-20-12-10-19(11-13-20)18-7-5-4-6-8-18/h4-14,17H,1-3H3,(H,25,26,27). The monoisotopic (exact) mass is 402 g/mol. The van der Waals surface area contributed by atoms with Crippen molar-refractivity contribution in [3.8, 4) is 16.9 Å². The molecule has 0 fully saturated rings. The Bertz CT molecular complexity index is 1150. The summed E-state index contributed by atoms with van der Waals surface area (Å²) in [6.07, 6.45) is -0.632. The van der Waals surface area contributed by atoms with E-state index >= 15 is 0 Å². The van der Waals surface area contributed by atoms with Gasteiger partial charge in [-0.1, -0.05) is 59.9 Å². The SMILES string of the molecule is Cc1ccc2sc(NC(=O)C(C)Oc3ccc(-c4ccccc4)cc3)nc2c1C. The molecule has 29 heavy (non-hydrogen) atoms. The number of hydrogen-bond acceptors (Lipinski definition) is 4. The second-order valence-electron chi connectivity index (χ2n) is 7.01. The Balaban J connectivity index is 1.42. The van der Waals surface area contributed by atoms with E-state index in [0.717, 1.165) is 26.9 Å². The highest BCUT2D eigenvalue weighted by Crippen LogP contribution is 2.30. The van der Waals surface area contributed by atoms with Gasteiger partial charge in [-0.25, -0.2) is 4.98 Å². The number of hydrogen-bond donors (Lipinski definition) is 1. The molecular weight excluding hydrogens is 380 g/mol. The number of amides is 1. The maximum absolute atomic E-state index is 12.6. The van der Waals surface area contributed by atoms with Crippen molar-refractivity contribution in [1.82, 2.24) is 4.98 Å². The first-order valence-electron chi connectivity index (χ1n) is 9.51. The van der Waals surface area contributed by atoms with E-state index in [1.165, 1.54) is 16.9 Å². The van der Waals surface area contributed by atoms with E-state index in [1.807, 2.05) is 55.5 Å². The Morgan fingerprint density at radius 3 is 2.38 bits per heavy atom. The lowest BCUT2D eigenvalue weighted by Crippen LogP contribution is -2.30. The molecule has 0 aliphatic heterocycles. The van der Waals surface area contributed by atoms with Crippen LogP contribution < -0.4 is 10.1 Å². The van der Waals surface area contributed by atoms with Gasteiger partial charge in [0.1, 0.15) is 5.75 Å². The van der Waals surface area contributed by atoms with Gasteiger partial charge in [0.05, 0.1) is 10.2 Å². The molecule has 5 heteroatoms. The molecule has 0 aliphatic rings. The summed E-state index contributed by atoms with van der Waals surface area (Å²) in [5, 5.41) is 3.47. The molecule has 0 radical (unpaired) electrons. The normalized spacial score (nSPS) is 12.0. The van der Waals surface area contributed by atoms with Crippen LogP contribution >= 0.6 is 11.3 Å². The van der Waals surface area contributed by atoms with Gasteiger partial charge in [0.15, 0.2) is 11.2 Å². The van der Waals surface area contributed by atoms with E-state index < -0.39 is 6.10 Å². The summed E-state index contributed by atoms with van der Waals surface area (Å²) in [6, 6.07) is 22.0. The zero-order chi connectivity index (χ0) is 20.4. The van der Waals surface area contributed by atoms with Crippen LogP contribution in [0.2, 0.25) is 0 Å². The third-order valence-corrected chi connectivity index (χ3v) is 5.89. The van der Waals surface area contributed by atoms with Gasteiger partial charge in [-0.2, -0.15) is 0 Å². The smallest absolute Gasteiger partial charge is 0.266 e. The van der Waals surface area contributed by atoms with Crippen LogP contribution in [-0.4, -0.2) is 17.0 Å². The van der Waals surface area contributed by atoms with Crippen molar-refractivity contribution in [3.63, 3.8) is 0 Å². The number of nitrogens with zero attached hydrogens (tertiary/aromatic N) is 1. The summed E-state index contributed by atoms with van der Waals surface area (Å²) in [7, 11) is 0. The summed E-state index contributed by atoms with van der Waals surface area (Å²) < 4.78 is 6.88. The van der Waals surface area contributed by atoms with Gasteiger partial charge >= 0.3 is 0 Å². The number of carbonyl (C=O) groups excluding carboxylic acids is 1. The van der Waals surface area contributed by atoms with Crippen LogP contribution in [0.5, 0.6) is 5.75 Å². The summed E-state index contributed by atoms with van der Waals surface area (Å²) >= 11 is 1.47. The maximum atomic E-state index is 12.6. The molecule has 0 aliphatic carbocycles. The summed E-state index contributed by atoms with van der Waals surface area (Å²) in [5.74, 6) is 0.439. The summed E-state index contributed by atoms with van der Waals surface area (Å²) in [5.41, 5.74) is 5.52. The summed E-state index contributed by atoms with van der Waals surface area (Å²) in [6.45, 7) is 5.85. The highest BCUT2D eigenvalue weighted by molar-refractivity contribution is 7.22. The Hall–Kier alpha value is -3.18. The number of carbonyl (C=O) groups is 1. The van der Waals surface area contributed by atoms with Crippen molar-refractivity contribution in [2.75, 3.05) is 5.32 Å². The van der Waals surface area contributed by atoms with Gasteiger partial charge in [0.25, 0.3) is 5.91 Å². The molecule has 0 saturated heterocycles. The molecule has 1 heterocycles. The Kier molecular flexibility index (Phi) is 5.32. The molecule has 4 rings (SSSR count). The number of aromatic nitrogens is 1. The quantitative estimate of drug-likeness (QED) is 0.446. The van der Waals surface area contributed by atoms with Gasteiger partial charge in [-0.05, 0) is 61.2 Å². The van der Waals surface area contributed by atoms with Crippen LogP contribution in [0.3, 0.4) is 0 Å². The lowest BCUT2D eigenvalue weighted by molar-refractivity contribution is -0.122. The Morgan fingerprint density at radius 2 is 1.66 bits per heavy atom. The minimum Gasteiger partial charge on any atom is -0.481 e. The van der Waals surface area contributed by atoms with Crippen molar-refractivity contribution in [1.29, 1.82) is 0 Å². The van der Waals surface area contributed by atoms with E-state index in [4.69, 9.17) is 4.74 Å². The molecule has 1 amide bonds. The molecule has 0 bridgehead atoms. The lowest BCUT2D eigenvalue weighted by atomic mass is 10.1. The molecule has 0 spiro atoms. The summed E-state index contributed by atoms with van der Waals surface area (Å²) in [4.78, 5) is 17.1. The first kappa shape index (κ1) is 19.2. The topological polar surface area (TPSA) is 51.2 Å². The molecule has 1 atom stereocenters. The average Bonchev–Trinajstić information content (AvgIpc) is 3.15. The zero-order valence-electron chi connectivity index (χ0n) is 16.6. The Morgan fingerprint density at radius 1 is 0.966 bits per heavy atom. The number of nitrogens with one attached hydrogen (secondary N) is 1. The fraction of sp³-hybridized carbons (Fsp3) is 0.167. The number of ether oxygens (including phenoxy) is 1. The van der Waals surface area contributed by atoms with Crippen LogP contribution in [0.15, 0.2) is 66.7 Å². The van der Waals surface area contributed by atoms with E-state index in [1.54, 1.807) is 6.92 Å². The number of rotatable bonds is 5. The number of anilines is 1. The molecular formula is C24H22N2O2S. The van der Waals surface area contributed by atoms with Crippen molar-refractivity contribution >= 4 is 32.6 Å². The van der Waals surface area contributed by atoms with E-state index in [2.05, 4.69) is 35.4 Å². The second-order valence-corrected chi connectivity index (χ2v) is 8.04. The number of thiazole rings is 1. The molecule has 146 valence electrons. The van der Waals surface area contributed by atoms with Gasteiger partial charge < -0.3 is 4.74 Å². The predicted octanol–water partition coefficient (Wildman–Crippen LogP) is 5.99. The average molecular weight is 403 g/mol. The van der Waals surface area contributed by atoms with Crippen molar-refractivity contribution in [2.45, 2.75) is 26.9 Å². The van der Waals surface area contributed by atoms with Gasteiger partial charge in [-0.15, -0.1) is 0 Å². The number of fused-ring (bicyclic) bond motifs is 1. The largest absolute Gasteiger partial charge is 0.481 e. The molecule has 1 unspecified atom stereocenters. The number of aryl methyl sites for hydroxylation is 2. The first-order chi connectivity index (χ1) is 14.0. The zero-order valence-corrected chi connectivity index (χ0v) is 17.4.